The van der Waals surface area contributed by atoms with Gasteiger partial charge in [-0.1, -0.05) is 18.2 Å². The van der Waals surface area contributed by atoms with Gasteiger partial charge in [0.2, 0.25) is 11.8 Å². The minimum atomic E-state index is -0.537. The first kappa shape index (κ1) is 15.2. The number of nitrogens with zero attached hydrogens (tertiary/aromatic N) is 2. The largest absolute Gasteiger partial charge is 0.496 e. The second-order valence-corrected chi connectivity index (χ2v) is 5.68. The lowest BCUT2D eigenvalue weighted by molar-refractivity contribution is -0.125. The van der Waals surface area contributed by atoms with Crippen LogP contribution in [-0.2, 0) is 9.59 Å². The Morgan fingerprint density at radius 1 is 1.00 bits per heavy atom. The molecule has 2 aliphatic rings. The number of methoxy groups -OCH3 is 1. The molecule has 1 aromatic carbocycles. The van der Waals surface area contributed by atoms with Crippen LogP contribution in [0.2, 0.25) is 0 Å². The summed E-state index contributed by atoms with van der Waals surface area (Å²) in [5.41, 5.74) is 7.09. The van der Waals surface area contributed by atoms with Crippen LogP contribution >= 0.6 is 0 Å². The Kier molecular flexibility index (Phi) is 3.85. The van der Waals surface area contributed by atoms with Crippen LogP contribution in [0.1, 0.15) is 25.3 Å². The number of rotatable bonds is 4. The van der Waals surface area contributed by atoms with Gasteiger partial charge in [-0.15, -0.1) is 0 Å². The molecule has 2 unspecified atom stereocenters. The van der Waals surface area contributed by atoms with Crippen molar-refractivity contribution in [1.82, 2.24) is 10.9 Å². The van der Waals surface area contributed by atoms with Gasteiger partial charge in [-0.3, -0.25) is 9.59 Å². The van der Waals surface area contributed by atoms with Crippen molar-refractivity contribution in [3.05, 3.63) is 29.8 Å². The average molecular weight is 314 g/mol. The molecule has 120 valence electrons. The van der Waals surface area contributed by atoms with Gasteiger partial charge in [-0.25, -0.2) is 10.9 Å². The number of carbonyl (C=O) groups excluding carboxylic acids is 2. The third kappa shape index (κ3) is 2.48. The van der Waals surface area contributed by atoms with Crippen molar-refractivity contribution < 1.29 is 14.3 Å². The van der Waals surface area contributed by atoms with Crippen molar-refractivity contribution in [2.45, 2.75) is 19.8 Å². The summed E-state index contributed by atoms with van der Waals surface area (Å²) in [6.45, 7) is 3.56. The Labute approximate surface area is 133 Å². The third-order valence-electron chi connectivity index (χ3n) is 4.37. The zero-order chi connectivity index (χ0) is 16.6. The summed E-state index contributed by atoms with van der Waals surface area (Å²) in [6, 6.07) is 7.41. The second-order valence-electron chi connectivity index (χ2n) is 5.68. The highest BCUT2D eigenvalue weighted by Crippen LogP contribution is 2.41. The van der Waals surface area contributed by atoms with Crippen molar-refractivity contribution in [2.75, 3.05) is 7.11 Å². The van der Waals surface area contributed by atoms with Crippen LogP contribution in [0.4, 0.5) is 0 Å². The maximum absolute atomic E-state index is 12.3. The third-order valence-corrected chi connectivity index (χ3v) is 4.37. The van der Waals surface area contributed by atoms with E-state index in [0.29, 0.717) is 17.2 Å². The molecule has 3 rings (SSSR count). The number of carbonyl (C=O) groups is 2. The highest BCUT2D eigenvalue weighted by molar-refractivity contribution is 6.12. The van der Waals surface area contributed by atoms with Crippen molar-refractivity contribution in [1.29, 1.82) is 0 Å². The molecule has 2 aliphatic heterocycles. The van der Waals surface area contributed by atoms with Gasteiger partial charge in [0.25, 0.3) is 0 Å². The van der Waals surface area contributed by atoms with Gasteiger partial charge < -0.3 is 4.74 Å². The molecule has 0 radical (unpaired) electrons. The van der Waals surface area contributed by atoms with E-state index in [9.17, 15) is 9.59 Å². The minimum Gasteiger partial charge on any atom is -0.496 e. The first-order valence-electron chi connectivity index (χ1n) is 7.35. The number of hydrogen-bond donors (Lipinski definition) is 2. The smallest absolute Gasteiger partial charge is 0.249 e. The van der Waals surface area contributed by atoms with E-state index in [0.717, 1.165) is 5.56 Å². The molecule has 2 N–H and O–H groups in total. The van der Waals surface area contributed by atoms with Gasteiger partial charge in [0.1, 0.15) is 5.75 Å². The molecule has 0 bridgehead atoms. The van der Waals surface area contributed by atoms with Crippen LogP contribution in [0, 0.1) is 11.8 Å². The molecule has 0 fully saturated rings. The molecule has 0 aliphatic carbocycles. The lowest BCUT2D eigenvalue weighted by Crippen LogP contribution is -2.38. The van der Waals surface area contributed by atoms with Gasteiger partial charge >= 0.3 is 0 Å². The van der Waals surface area contributed by atoms with E-state index >= 15 is 0 Å². The number of nitrogens with one attached hydrogen (secondary N) is 2. The molecule has 0 aromatic heterocycles. The number of amides is 2. The van der Waals surface area contributed by atoms with Crippen molar-refractivity contribution in [2.24, 2.45) is 22.0 Å². The summed E-state index contributed by atoms with van der Waals surface area (Å²) in [6.07, 6.45) is 0. The maximum atomic E-state index is 12.3. The highest BCUT2D eigenvalue weighted by atomic mass is 16.5. The van der Waals surface area contributed by atoms with Crippen molar-refractivity contribution in [3.63, 3.8) is 0 Å². The topological polar surface area (TPSA) is 92.1 Å². The van der Waals surface area contributed by atoms with Crippen LogP contribution in [0.3, 0.4) is 0 Å². The molecule has 0 saturated carbocycles. The van der Waals surface area contributed by atoms with E-state index in [1.807, 2.05) is 24.3 Å². The predicted octanol–water partition coefficient (Wildman–Crippen LogP) is 1.02. The first-order valence-corrected chi connectivity index (χ1v) is 7.35. The van der Waals surface area contributed by atoms with Gasteiger partial charge in [0.05, 0.1) is 18.9 Å². The minimum absolute atomic E-state index is 0.217. The SMILES string of the molecule is COc1ccccc1C(C1C(=O)NN=C1C)C1C(=O)NN=C1C. The van der Waals surface area contributed by atoms with E-state index in [-0.39, 0.29) is 11.8 Å². The van der Waals surface area contributed by atoms with Gasteiger partial charge in [-0.2, -0.15) is 10.2 Å². The fourth-order valence-electron chi connectivity index (χ4n) is 3.28. The normalized spacial score (nSPS) is 24.7. The number of hydrazone groups is 2. The Hall–Kier alpha value is -2.70. The van der Waals surface area contributed by atoms with Crippen LogP contribution in [-0.4, -0.2) is 30.3 Å². The van der Waals surface area contributed by atoms with E-state index in [1.54, 1.807) is 21.0 Å². The summed E-state index contributed by atoms with van der Waals surface area (Å²) >= 11 is 0. The highest BCUT2D eigenvalue weighted by Gasteiger charge is 2.46. The molecule has 1 aromatic rings. The van der Waals surface area contributed by atoms with Gasteiger partial charge in [-0.05, 0) is 25.5 Å². The lowest BCUT2D eigenvalue weighted by atomic mass is 9.73. The lowest BCUT2D eigenvalue weighted by Gasteiger charge is -2.28. The predicted molar refractivity (Wildman–Crippen MR) is 85.2 cm³/mol. The number of hydrogen-bond acceptors (Lipinski definition) is 5. The molecule has 7 nitrogen and oxygen atoms in total. The Balaban J connectivity index is 2.14. The van der Waals surface area contributed by atoms with Gasteiger partial charge in [0, 0.05) is 17.3 Å². The summed E-state index contributed by atoms with van der Waals surface area (Å²) < 4.78 is 5.44. The summed E-state index contributed by atoms with van der Waals surface area (Å²) in [5, 5.41) is 8.05. The van der Waals surface area contributed by atoms with Crippen LogP contribution < -0.4 is 15.6 Å². The molecule has 7 heteroatoms. The first-order chi connectivity index (χ1) is 11.0. The average Bonchev–Trinajstić information content (AvgIpc) is 3.05. The van der Waals surface area contributed by atoms with E-state index in [2.05, 4.69) is 21.1 Å². The summed E-state index contributed by atoms with van der Waals surface area (Å²) in [5.74, 6) is -1.30. The second kappa shape index (κ2) is 5.83. The zero-order valence-electron chi connectivity index (χ0n) is 13.2. The van der Waals surface area contributed by atoms with Crippen molar-refractivity contribution in [3.8, 4) is 5.75 Å². The zero-order valence-corrected chi connectivity index (χ0v) is 13.2. The van der Waals surface area contributed by atoms with Gasteiger partial charge in [0.15, 0.2) is 0 Å². The molecule has 0 spiro atoms. The molecular weight excluding hydrogens is 296 g/mol. The Morgan fingerprint density at radius 3 is 1.96 bits per heavy atom. The van der Waals surface area contributed by atoms with Crippen LogP contribution in [0.5, 0.6) is 5.75 Å². The molecule has 2 amide bonds. The fourth-order valence-corrected chi connectivity index (χ4v) is 3.28. The Morgan fingerprint density at radius 2 is 1.52 bits per heavy atom. The fraction of sp³-hybridized carbons (Fsp3) is 0.375. The molecular formula is C16H18N4O3. The summed E-state index contributed by atoms with van der Waals surface area (Å²) in [4.78, 5) is 24.7. The quantitative estimate of drug-likeness (QED) is 0.869. The maximum Gasteiger partial charge on any atom is 0.249 e. The number of benzene rings is 1. The standard InChI is InChI=1S/C16H18N4O3/c1-8-12(15(21)19-17-8)14(13-9(2)18-20-16(13)22)10-6-4-5-7-11(10)23-3/h4-7,12-14H,1-3H3,(H,19,21)(H,20,22). The summed E-state index contributed by atoms with van der Waals surface area (Å²) in [7, 11) is 1.57. The van der Waals surface area contributed by atoms with Crippen LogP contribution in [0.15, 0.2) is 34.5 Å². The molecule has 0 saturated heterocycles. The van der Waals surface area contributed by atoms with Crippen LogP contribution in [0.25, 0.3) is 0 Å². The number of para-hydroxylation sites is 1. The molecule has 23 heavy (non-hydrogen) atoms. The van der Waals surface area contributed by atoms with E-state index in [4.69, 9.17) is 4.74 Å². The van der Waals surface area contributed by atoms with E-state index < -0.39 is 17.8 Å². The Bertz CT molecular complexity index is 688. The monoisotopic (exact) mass is 314 g/mol. The van der Waals surface area contributed by atoms with Crippen molar-refractivity contribution >= 4 is 23.2 Å². The molecule has 2 atom stereocenters. The molecule has 2 heterocycles. The number of ether oxygens (including phenoxy) is 1. The van der Waals surface area contributed by atoms with E-state index in [1.165, 1.54) is 0 Å².